The molecule has 0 amide bonds. The largest absolute Gasteiger partial charge is 0.278 e. The summed E-state index contributed by atoms with van der Waals surface area (Å²) in [5, 5.41) is 0. The summed E-state index contributed by atoms with van der Waals surface area (Å²) < 4.78 is 28.2. The second kappa shape index (κ2) is 5.42. The molecule has 1 aliphatic rings. The molecule has 1 N–H and O–H groups in total. The van der Waals surface area contributed by atoms with Crippen molar-refractivity contribution in [3.8, 4) is 0 Å². The summed E-state index contributed by atoms with van der Waals surface area (Å²) in [6.07, 6.45) is 4.60. The Labute approximate surface area is 132 Å². The van der Waals surface area contributed by atoms with Gasteiger partial charge in [-0.25, -0.2) is 13.4 Å². The third-order valence-electron chi connectivity index (χ3n) is 3.65. The van der Waals surface area contributed by atoms with Crippen LogP contribution in [0.25, 0.3) is 0 Å². The van der Waals surface area contributed by atoms with Crippen LogP contribution in [0.15, 0.2) is 40.0 Å². The number of hydrogen-bond acceptors (Lipinski definition) is 3. The molecule has 1 aromatic carbocycles. The fourth-order valence-corrected chi connectivity index (χ4v) is 3.84. The Bertz CT molecular complexity index is 803. The van der Waals surface area contributed by atoms with E-state index in [4.69, 9.17) is 0 Å². The number of rotatable bonds is 3. The van der Waals surface area contributed by atoms with Gasteiger partial charge in [0.1, 0.15) is 4.60 Å². The van der Waals surface area contributed by atoms with Crippen LogP contribution in [0, 0.1) is 6.92 Å². The van der Waals surface area contributed by atoms with Crippen LogP contribution >= 0.6 is 15.9 Å². The molecule has 1 aromatic heterocycles. The SMILES string of the molecule is Cc1cc(NS(=O)(=O)c2ccc3c(c2)CCC3)cnc1Br. The molecule has 0 aliphatic heterocycles. The first-order valence-electron chi connectivity index (χ1n) is 6.72. The standard InChI is InChI=1S/C15H15BrN2O2S/c1-10-7-13(9-17-15(10)16)18-21(19,20)14-6-5-11-3-2-4-12(11)8-14/h5-9,18H,2-4H2,1H3. The van der Waals surface area contributed by atoms with Gasteiger partial charge in [0.2, 0.25) is 0 Å². The van der Waals surface area contributed by atoms with Crippen molar-refractivity contribution in [3.63, 3.8) is 0 Å². The molecule has 2 aromatic rings. The Morgan fingerprint density at radius 1 is 1.19 bits per heavy atom. The molecule has 21 heavy (non-hydrogen) atoms. The van der Waals surface area contributed by atoms with Crippen molar-refractivity contribution in [2.75, 3.05) is 4.72 Å². The normalized spacial score (nSPS) is 14.0. The van der Waals surface area contributed by atoms with Crippen LogP contribution in [-0.4, -0.2) is 13.4 Å². The van der Waals surface area contributed by atoms with E-state index in [0.29, 0.717) is 15.2 Å². The van der Waals surface area contributed by atoms with E-state index in [-0.39, 0.29) is 0 Å². The molecule has 0 spiro atoms. The first kappa shape index (κ1) is 14.5. The maximum atomic E-state index is 12.4. The third-order valence-corrected chi connectivity index (χ3v) is 5.86. The molecule has 4 nitrogen and oxygen atoms in total. The van der Waals surface area contributed by atoms with Gasteiger partial charge >= 0.3 is 0 Å². The molecule has 3 rings (SSSR count). The lowest BCUT2D eigenvalue weighted by Crippen LogP contribution is -2.13. The van der Waals surface area contributed by atoms with Crippen molar-refractivity contribution < 1.29 is 8.42 Å². The lowest BCUT2D eigenvalue weighted by Gasteiger charge is -2.10. The van der Waals surface area contributed by atoms with Crippen molar-refractivity contribution in [2.45, 2.75) is 31.1 Å². The van der Waals surface area contributed by atoms with Crippen molar-refractivity contribution in [2.24, 2.45) is 0 Å². The molecule has 1 heterocycles. The highest BCUT2D eigenvalue weighted by Crippen LogP contribution is 2.26. The van der Waals surface area contributed by atoms with Crippen molar-refractivity contribution in [1.29, 1.82) is 0 Å². The molecular formula is C15H15BrN2O2S. The van der Waals surface area contributed by atoms with Crippen LogP contribution in [0.4, 0.5) is 5.69 Å². The molecule has 6 heteroatoms. The second-order valence-electron chi connectivity index (χ2n) is 5.22. The summed E-state index contributed by atoms with van der Waals surface area (Å²) in [5.74, 6) is 0. The van der Waals surface area contributed by atoms with E-state index >= 15 is 0 Å². The first-order valence-corrected chi connectivity index (χ1v) is 9.00. The predicted octanol–water partition coefficient (Wildman–Crippen LogP) is 3.44. The number of hydrogen-bond donors (Lipinski definition) is 1. The van der Waals surface area contributed by atoms with Crippen LogP contribution in [0.3, 0.4) is 0 Å². The molecule has 110 valence electrons. The predicted molar refractivity (Wildman–Crippen MR) is 85.9 cm³/mol. The Hall–Kier alpha value is -1.40. The lowest BCUT2D eigenvalue weighted by atomic mass is 10.1. The zero-order chi connectivity index (χ0) is 15.0. The Morgan fingerprint density at radius 2 is 1.95 bits per heavy atom. The number of nitrogens with zero attached hydrogens (tertiary/aromatic N) is 1. The number of halogens is 1. The summed E-state index contributed by atoms with van der Waals surface area (Å²) in [6.45, 7) is 1.87. The number of nitrogens with one attached hydrogen (secondary N) is 1. The first-order chi connectivity index (χ1) is 9.95. The fraction of sp³-hybridized carbons (Fsp3) is 0.267. The molecule has 0 atom stereocenters. The fourth-order valence-electron chi connectivity index (χ4n) is 2.54. The van der Waals surface area contributed by atoms with E-state index in [2.05, 4.69) is 25.6 Å². The third kappa shape index (κ3) is 2.96. The van der Waals surface area contributed by atoms with Crippen molar-refractivity contribution >= 4 is 31.6 Å². The van der Waals surface area contributed by atoms with Gasteiger partial charge in [-0.05, 0) is 77.0 Å². The van der Waals surface area contributed by atoms with Gasteiger partial charge in [0.15, 0.2) is 0 Å². The summed E-state index contributed by atoms with van der Waals surface area (Å²) in [6, 6.07) is 7.12. The number of fused-ring (bicyclic) bond motifs is 1. The van der Waals surface area contributed by atoms with E-state index < -0.39 is 10.0 Å². The molecule has 0 radical (unpaired) electrons. The summed E-state index contributed by atoms with van der Waals surface area (Å²) in [4.78, 5) is 4.41. The van der Waals surface area contributed by atoms with Gasteiger partial charge in [0.05, 0.1) is 16.8 Å². The lowest BCUT2D eigenvalue weighted by molar-refractivity contribution is 0.601. The van der Waals surface area contributed by atoms with Gasteiger partial charge in [0, 0.05) is 0 Å². The topological polar surface area (TPSA) is 59.1 Å². The van der Waals surface area contributed by atoms with Crippen LogP contribution in [0.1, 0.15) is 23.1 Å². The summed E-state index contributed by atoms with van der Waals surface area (Å²) >= 11 is 3.30. The van der Waals surface area contributed by atoms with E-state index in [1.54, 1.807) is 18.2 Å². The Balaban J connectivity index is 1.91. The monoisotopic (exact) mass is 366 g/mol. The molecule has 0 saturated carbocycles. The number of anilines is 1. The maximum Gasteiger partial charge on any atom is 0.261 e. The molecular weight excluding hydrogens is 352 g/mol. The molecule has 0 bridgehead atoms. The van der Waals surface area contributed by atoms with Crippen LogP contribution < -0.4 is 4.72 Å². The van der Waals surface area contributed by atoms with E-state index in [9.17, 15) is 8.42 Å². The van der Waals surface area contributed by atoms with Crippen molar-refractivity contribution in [3.05, 3.63) is 51.8 Å². The van der Waals surface area contributed by atoms with E-state index in [1.807, 2.05) is 13.0 Å². The highest BCUT2D eigenvalue weighted by atomic mass is 79.9. The van der Waals surface area contributed by atoms with Crippen LogP contribution in [0.2, 0.25) is 0 Å². The number of aryl methyl sites for hydroxylation is 3. The quantitative estimate of drug-likeness (QED) is 0.846. The minimum absolute atomic E-state index is 0.309. The van der Waals surface area contributed by atoms with Gasteiger partial charge < -0.3 is 0 Å². The van der Waals surface area contributed by atoms with Gasteiger partial charge in [0.25, 0.3) is 10.0 Å². The molecule has 0 unspecified atom stereocenters. The van der Waals surface area contributed by atoms with Crippen molar-refractivity contribution in [1.82, 2.24) is 4.98 Å². The Kier molecular flexibility index (Phi) is 3.75. The number of aromatic nitrogens is 1. The smallest absolute Gasteiger partial charge is 0.261 e. The van der Waals surface area contributed by atoms with Crippen LogP contribution in [0.5, 0.6) is 0 Å². The molecule has 1 aliphatic carbocycles. The minimum atomic E-state index is -3.57. The van der Waals surface area contributed by atoms with Gasteiger partial charge in [-0.1, -0.05) is 6.07 Å². The minimum Gasteiger partial charge on any atom is -0.278 e. The maximum absolute atomic E-state index is 12.4. The van der Waals surface area contributed by atoms with Crippen LogP contribution in [-0.2, 0) is 22.9 Å². The molecule has 0 saturated heterocycles. The average molecular weight is 367 g/mol. The zero-order valence-corrected chi connectivity index (χ0v) is 14.0. The Morgan fingerprint density at radius 3 is 2.71 bits per heavy atom. The molecule has 0 fully saturated rings. The van der Waals surface area contributed by atoms with E-state index in [0.717, 1.165) is 30.4 Å². The van der Waals surface area contributed by atoms with Gasteiger partial charge in [-0.2, -0.15) is 0 Å². The highest BCUT2D eigenvalue weighted by molar-refractivity contribution is 9.10. The highest BCUT2D eigenvalue weighted by Gasteiger charge is 2.18. The van der Waals surface area contributed by atoms with E-state index in [1.165, 1.54) is 11.8 Å². The average Bonchev–Trinajstić information content (AvgIpc) is 2.90. The number of sulfonamides is 1. The number of pyridine rings is 1. The van der Waals surface area contributed by atoms with Gasteiger partial charge in [-0.15, -0.1) is 0 Å². The van der Waals surface area contributed by atoms with Gasteiger partial charge in [-0.3, -0.25) is 4.72 Å². The zero-order valence-electron chi connectivity index (χ0n) is 11.6. The summed E-state index contributed by atoms with van der Waals surface area (Å²) in [5.41, 5.74) is 3.75. The number of benzene rings is 1. The second-order valence-corrected chi connectivity index (χ2v) is 7.65. The summed E-state index contributed by atoms with van der Waals surface area (Å²) in [7, 11) is -3.57.